The van der Waals surface area contributed by atoms with Crippen molar-refractivity contribution in [1.82, 2.24) is 20.4 Å². The topological polar surface area (TPSA) is 97.6 Å². The number of amides is 2. The normalized spacial score (nSPS) is 14.9. The maximum Gasteiger partial charge on any atom is 0.409 e. The van der Waals surface area contributed by atoms with Gasteiger partial charge in [-0.05, 0) is 31.9 Å². The van der Waals surface area contributed by atoms with Crippen LogP contribution in [0.4, 0.5) is 9.18 Å². The maximum atomic E-state index is 13.7. The third-order valence-electron chi connectivity index (χ3n) is 4.09. The summed E-state index contributed by atoms with van der Waals surface area (Å²) in [5.41, 5.74) is 0.141. The van der Waals surface area contributed by atoms with Crippen LogP contribution in [0.15, 0.2) is 28.8 Å². The number of hydrogen-bond acceptors (Lipinski definition) is 6. The van der Waals surface area contributed by atoms with Crippen molar-refractivity contribution in [1.29, 1.82) is 0 Å². The number of likely N-dealkylation sites (tertiary alicyclic amines) is 1. The van der Waals surface area contributed by atoms with Crippen LogP contribution in [-0.2, 0) is 4.74 Å². The molecule has 1 saturated heterocycles. The molecule has 0 unspecified atom stereocenters. The monoisotopic (exact) mass is 362 g/mol. The van der Waals surface area contributed by atoms with Gasteiger partial charge in [0.2, 0.25) is 0 Å². The standard InChI is InChI=1S/C17H19FN4O4/c1-2-25-17(24)22-9-7-11(8-10-22)19-15(23)14-20-16(26-21-14)12-5-3-4-6-13(12)18/h3-6,11H,2,7-10H2,1H3,(H,19,23). The van der Waals surface area contributed by atoms with E-state index in [4.69, 9.17) is 9.26 Å². The molecule has 8 nitrogen and oxygen atoms in total. The summed E-state index contributed by atoms with van der Waals surface area (Å²) >= 11 is 0. The number of aromatic nitrogens is 2. The molecule has 0 aliphatic carbocycles. The number of halogens is 1. The molecule has 1 fully saturated rings. The Balaban J connectivity index is 1.57. The van der Waals surface area contributed by atoms with Crippen LogP contribution in [0.1, 0.15) is 30.4 Å². The predicted octanol–water partition coefficient (Wildman–Crippen LogP) is 2.23. The number of benzene rings is 1. The lowest BCUT2D eigenvalue weighted by atomic mass is 10.1. The molecule has 9 heteroatoms. The number of nitrogens with one attached hydrogen (secondary N) is 1. The van der Waals surface area contributed by atoms with Crippen LogP contribution in [0.2, 0.25) is 0 Å². The predicted molar refractivity (Wildman–Crippen MR) is 88.8 cm³/mol. The van der Waals surface area contributed by atoms with Crippen LogP contribution < -0.4 is 5.32 Å². The van der Waals surface area contributed by atoms with E-state index in [2.05, 4.69) is 15.5 Å². The highest BCUT2D eigenvalue weighted by atomic mass is 19.1. The van der Waals surface area contributed by atoms with Crippen LogP contribution in [0.25, 0.3) is 11.5 Å². The highest BCUT2D eigenvalue weighted by Gasteiger charge is 2.26. The number of nitrogens with zero attached hydrogens (tertiary/aromatic N) is 3. The van der Waals surface area contributed by atoms with Crippen LogP contribution in [0, 0.1) is 5.82 Å². The fourth-order valence-corrected chi connectivity index (χ4v) is 2.73. The van der Waals surface area contributed by atoms with Gasteiger partial charge in [-0.1, -0.05) is 17.3 Å². The first kappa shape index (κ1) is 17.8. The fraction of sp³-hybridized carbons (Fsp3) is 0.412. The van der Waals surface area contributed by atoms with Crippen molar-refractivity contribution in [3.63, 3.8) is 0 Å². The summed E-state index contributed by atoms with van der Waals surface area (Å²) in [4.78, 5) is 29.5. The van der Waals surface area contributed by atoms with Gasteiger partial charge in [0.25, 0.3) is 17.6 Å². The Kier molecular flexibility index (Phi) is 5.45. The molecule has 2 heterocycles. The van der Waals surface area contributed by atoms with Crippen LogP contribution >= 0.6 is 0 Å². The summed E-state index contributed by atoms with van der Waals surface area (Å²) in [6.45, 7) is 3.08. The molecule has 1 aliphatic heterocycles. The Bertz CT molecular complexity index is 787. The minimum absolute atomic E-state index is 0.0506. The average molecular weight is 362 g/mol. The van der Waals surface area contributed by atoms with E-state index in [1.807, 2.05) is 0 Å². The van der Waals surface area contributed by atoms with Crippen LogP contribution in [0.5, 0.6) is 0 Å². The van der Waals surface area contributed by atoms with Crippen molar-refractivity contribution in [2.75, 3.05) is 19.7 Å². The van der Waals surface area contributed by atoms with Gasteiger partial charge >= 0.3 is 6.09 Å². The molecule has 0 saturated carbocycles. The molecule has 3 rings (SSSR count). The second-order valence-electron chi connectivity index (χ2n) is 5.84. The summed E-state index contributed by atoms with van der Waals surface area (Å²) in [7, 11) is 0. The molecule has 0 spiro atoms. The maximum absolute atomic E-state index is 13.7. The summed E-state index contributed by atoms with van der Waals surface area (Å²) in [6, 6.07) is 5.85. The van der Waals surface area contributed by atoms with E-state index >= 15 is 0 Å². The van der Waals surface area contributed by atoms with Crippen molar-refractivity contribution in [2.45, 2.75) is 25.8 Å². The lowest BCUT2D eigenvalue weighted by Gasteiger charge is -2.31. The molecule has 0 radical (unpaired) electrons. The zero-order valence-electron chi connectivity index (χ0n) is 14.3. The highest BCUT2D eigenvalue weighted by molar-refractivity contribution is 5.90. The Morgan fingerprint density at radius 3 is 2.77 bits per heavy atom. The van der Waals surface area contributed by atoms with Crippen LogP contribution in [0.3, 0.4) is 0 Å². The molecule has 26 heavy (non-hydrogen) atoms. The lowest BCUT2D eigenvalue weighted by molar-refractivity contribution is 0.0851. The Morgan fingerprint density at radius 1 is 1.35 bits per heavy atom. The number of ether oxygens (including phenoxy) is 1. The minimum atomic E-state index is -0.505. The van der Waals surface area contributed by atoms with Crippen molar-refractivity contribution in [3.8, 4) is 11.5 Å². The third-order valence-corrected chi connectivity index (χ3v) is 4.09. The second-order valence-corrected chi connectivity index (χ2v) is 5.84. The molecular formula is C17H19FN4O4. The van der Waals surface area contributed by atoms with Crippen molar-refractivity contribution < 1.29 is 23.2 Å². The van der Waals surface area contributed by atoms with Gasteiger partial charge in [0.05, 0.1) is 12.2 Å². The molecule has 2 aromatic rings. The third kappa shape index (κ3) is 3.98. The summed E-state index contributed by atoms with van der Waals surface area (Å²) in [6.07, 6.45) is 0.857. The lowest BCUT2D eigenvalue weighted by Crippen LogP contribution is -2.46. The Hall–Kier alpha value is -2.97. The molecule has 2 amide bonds. The largest absolute Gasteiger partial charge is 0.450 e. The first-order valence-electron chi connectivity index (χ1n) is 8.39. The van der Waals surface area contributed by atoms with Crippen LogP contribution in [-0.4, -0.2) is 52.8 Å². The second kappa shape index (κ2) is 7.94. The first-order valence-corrected chi connectivity index (χ1v) is 8.39. The Morgan fingerprint density at radius 2 is 2.08 bits per heavy atom. The fourth-order valence-electron chi connectivity index (χ4n) is 2.73. The minimum Gasteiger partial charge on any atom is -0.450 e. The van der Waals surface area contributed by atoms with E-state index in [0.29, 0.717) is 32.5 Å². The molecule has 138 valence electrons. The number of carbonyl (C=O) groups is 2. The summed E-state index contributed by atoms with van der Waals surface area (Å²) in [5, 5.41) is 6.43. The first-order chi connectivity index (χ1) is 12.6. The van der Waals surface area contributed by atoms with E-state index in [9.17, 15) is 14.0 Å². The van der Waals surface area contributed by atoms with E-state index < -0.39 is 11.7 Å². The molecule has 1 aromatic heterocycles. The molecular weight excluding hydrogens is 343 g/mol. The van der Waals surface area contributed by atoms with Crippen molar-refractivity contribution >= 4 is 12.0 Å². The number of piperidine rings is 1. The van der Waals surface area contributed by atoms with E-state index in [-0.39, 0.29) is 29.4 Å². The number of rotatable bonds is 4. The molecule has 0 atom stereocenters. The SMILES string of the molecule is CCOC(=O)N1CCC(NC(=O)c2noc(-c3ccccc3F)n2)CC1. The van der Waals surface area contributed by atoms with E-state index in [1.165, 1.54) is 12.1 Å². The zero-order chi connectivity index (χ0) is 18.5. The summed E-state index contributed by atoms with van der Waals surface area (Å²) in [5.74, 6) is -1.21. The average Bonchev–Trinajstić information content (AvgIpc) is 3.13. The van der Waals surface area contributed by atoms with Crippen molar-refractivity contribution in [2.24, 2.45) is 0 Å². The number of hydrogen-bond donors (Lipinski definition) is 1. The molecule has 0 bridgehead atoms. The number of carbonyl (C=O) groups excluding carboxylic acids is 2. The van der Waals surface area contributed by atoms with Gasteiger partial charge in [-0.25, -0.2) is 9.18 Å². The molecule has 1 aromatic carbocycles. The van der Waals surface area contributed by atoms with Gasteiger partial charge in [-0.3, -0.25) is 4.79 Å². The highest BCUT2D eigenvalue weighted by Crippen LogP contribution is 2.20. The van der Waals surface area contributed by atoms with E-state index in [0.717, 1.165) is 0 Å². The van der Waals surface area contributed by atoms with Gasteiger partial charge in [-0.2, -0.15) is 4.98 Å². The van der Waals surface area contributed by atoms with Gasteiger partial charge < -0.3 is 19.5 Å². The van der Waals surface area contributed by atoms with Gasteiger partial charge in [0, 0.05) is 19.1 Å². The van der Waals surface area contributed by atoms with Gasteiger partial charge in [0.15, 0.2) is 0 Å². The smallest absolute Gasteiger partial charge is 0.409 e. The van der Waals surface area contributed by atoms with Crippen molar-refractivity contribution in [3.05, 3.63) is 35.9 Å². The Labute approximate surface area is 149 Å². The zero-order valence-corrected chi connectivity index (χ0v) is 14.3. The molecule has 1 aliphatic rings. The van der Waals surface area contributed by atoms with E-state index in [1.54, 1.807) is 24.0 Å². The van der Waals surface area contributed by atoms with Gasteiger partial charge in [0.1, 0.15) is 5.82 Å². The molecule has 1 N–H and O–H groups in total. The quantitative estimate of drug-likeness (QED) is 0.896. The van der Waals surface area contributed by atoms with Gasteiger partial charge in [-0.15, -0.1) is 0 Å². The summed E-state index contributed by atoms with van der Waals surface area (Å²) < 4.78 is 23.7.